The first-order valence-electron chi connectivity index (χ1n) is 5.08. The molecule has 1 aromatic rings. The molecule has 0 saturated carbocycles. The Morgan fingerprint density at radius 2 is 2.12 bits per heavy atom. The molecule has 0 atom stereocenters. The summed E-state index contributed by atoms with van der Waals surface area (Å²) in [7, 11) is 1.64. The van der Waals surface area contributed by atoms with Crippen molar-refractivity contribution < 1.29 is 9.47 Å². The summed E-state index contributed by atoms with van der Waals surface area (Å²) in [6.07, 6.45) is 1.86. The summed E-state index contributed by atoms with van der Waals surface area (Å²) in [5.41, 5.74) is 1.04. The molecule has 90 valence electrons. The lowest BCUT2D eigenvalue weighted by Crippen LogP contribution is -2.22. The fraction of sp³-hybridized carbons (Fsp3) is 0.545. The molecule has 0 fully saturated rings. The second-order valence-corrected chi connectivity index (χ2v) is 4.60. The van der Waals surface area contributed by atoms with E-state index in [1.54, 1.807) is 17.7 Å². The molecular weight excluding hydrogens is 321 g/mol. The molecule has 0 aromatic carbocycles. The van der Waals surface area contributed by atoms with E-state index in [1.165, 1.54) is 0 Å². The smallest absolute Gasteiger partial charge is 0.250 e. The van der Waals surface area contributed by atoms with Crippen molar-refractivity contribution >= 4 is 22.6 Å². The first kappa shape index (κ1) is 13.7. The van der Waals surface area contributed by atoms with Crippen LogP contribution in [-0.4, -0.2) is 31.5 Å². The number of pyridine rings is 1. The standard InChI is InChI=1S/C11H16INO3/c1-9-7-11(14)13(8-10(9)12)3-4-16-6-5-15-2/h7-8H,3-6H2,1-2H3. The van der Waals surface area contributed by atoms with Crippen LogP contribution in [0.15, 0.2) is 17.1 Å². The fourth-order valence-electron chi connectivity index (χ4n) is 1.22. The van der Waals surface area contributed by atoms with Crippen LogP contribution in [-0.2, 0) is 16.0 Å². The zero-order chi connectivity index (χ0) is 12.0. The van der Waals surface area contributed by atoms with E-state index in [-0.39, 0.29) is 5.56 Å². The number of ether oxygens (including phenoxy) is 2. The van der Waals surface area contributed by atoms with Crippen LogP contribution in [0.4, 0.5) is 0 Å². The predicted octanol–water partition coefficient (Wildman–Crippen LogP) is 1.42. The predicted molar refractivity (Wildman–Crippen MR) is 70.9 cm³/mol. The maximum atomic E-state index is 11.6. The van der Waals surface area contributed by atoms with Gasteiger partial charge in [-0.1, -0.05) is 0 Å². The molecular formula is C11H16INO3. The molecule has 4 nitrogen and oxygen atoms in total. The molecule has 0 spiro atoms. The molecule has 0 saturated heterocycles. The number of rotatable bonds is 6. The van der Waals surface area contributed by atoms with Gasteiger partial charge in [-0.3, -0.25) is 4.79 Å². The van der Waals surface area contributed by atoms with Gasteiger partial charge in [-0.2, -0.15) is 0 Å². The van der Waals surface area contributed by atoms with Crippen LogP contribution in [0.1, 0.15) is 5.56 Å². The number of aryl methyl sites for hydroxylation is 1. The van der Waals surface area contributed by atoms with E-state index in [1.807, 2.05) is 13.1 Å². The van der Waals surface area contributed by atoms with Crippen LogP contribution >= 0.6 is 22.6 Å². The van der Waals surface area contributed by atoms with Crippen molar-refractivity contribution in [3.05, 3.63) is 31.8 Å². The number of methoxy groups -OCH3 is 1. The number of hydrogen-bond donors (Lipinski definition) is 0. The molecule has 1 aromatic heterocycles. The highest BCUT2D eigenvalue weighted by Gasteiger charge is 2.00. The second-order valence-electron chi connectivity index (χ2n) is 3.44. The highest BCUT2D eigenvalue weighted by Crippen LogP contribution is 2.06. The summed E-state index contributed by atoms with van der Waals surface area (Å²) in [6, 6.07) is 1.65. The normalized spacial score (nSPS) is 10.7. The monoisotopic (exact) mass is 337 g/mol. The number of hydrogen-bond acceptors (Lipinski definition) is 3. The number of aromatic nitrogens is 1. The lowest BCUT2D eigenvalue weighted by Gasteiger charge is -2.08. The maximum absolute atomic E-state index is 11.6. The van der Waals surface area contributed by atoms with Crippen LogP contribution in [0.25, 0.3) is 0 Å². The van der Waals surface area contributed by atoms with E-state index in [4.69, 9.17) is 9.47 Å². The van der Waals surface area contributed by atoms with E-state index >= 15 is 0 Å². The molecule has 1 heterocycles. The third-order valence-corrected chi connectivity index (χ3v) is 3.31. The lowest BCUT2D eigenvalue weighted by molar-refractivity contribution is 0.0662. The summed E-state index contributed by atoms with van der Waals surface area (Å²) in [5.74, 6) is 0. The summed E-state index contributed by atoms with van der Waals surface area (Å²) < 4.78 is 12.9. The SMILES string of the molecule is COCCOCCn1cc(I)c(C)cc1=O. The molecule has 0 amide bonds. The highest BCUT2D eigenvalue weighted by atomic mass is 127. The Morgan fingerprint density at radius 3 is 2.81 bits per heavy atom. The highest BCUT2D eigenvalue weighted by molar-refractivity contribution is 14.1. The van der Waals surface area contributed by atoms with Crippen LogP contribution in [0.3, 0.4) is 0 Å². The van der Waals surface area contributed by atoms with Gasteiger partial charge >= 0.3 is 0 Å². The average molecular weight is 337 g/mol. The van der Waals surface area contributed by atoms with Gasteiger partial charge in [0.2, 0.25) is 0 Å². The Hall–Kier alpha value is -0.400. The van der Waals surface area contributed by atoms with Crippen molar-refractivity contribution in [1.82, 2.24) is 4.57 Å². The Morgan fingerprint density at radius 1 is 1.38 bits per heavy atom. The van der Waals surface area contributed by atoms with Crippen molar-refractivity contribution in [2.45, 2.75) is 13.5 Å². The van der Waals surface area contributed by atoms with Gasteiger partial charge in [0.05, 0.1) is 19.8 Å². The van der Waals surface area contributed by atoms with Crippen LogP contribution in [0, 0.1) is 10.5 Å². The fourth-order valence-corrected chi connectivity index (χ4v) is 1.71. The summed E-state index contributed by atoms with van der Waals surface area (Å²) in [4.78, 5) is 11.6. The van der Waals surface area contributed by atoms with Crippen molar-refractivity contribution in [2.75, 3.05) is 26.9 Å². The molecule has 16 heavy (non-hydrogen) atoms. The zero-order valence-electron chi connectivity index (χ0n) is 9.53. The van der Waals surface area contributed by atoms with E-state index in [9.17, 15) is 4.79 Å². The maximum Gasteiger partial charge on any atom is 0.250 e. The van der Waals surface area contributed by atoms with Gasteiger partial charge in [0.25, 0.3) is 5.56 Å². The lowest BCUT2D eigenvalue weighted by atomic mass is 10.3. The largest absolute Gasteiger partial charge is 0.382 e. The quantitative estimate of drug-likeness (QED) is 0.582. The number of halogens is 1. The average Bonchev–Trinajstić information content (AvgIpc) is 2.25. The minimum Gasteiger partial charge on any atom is -0.382 e. The molecule has 0 aliphatic rings. The topological polar surface area (TPSA) is 40.5 Å². The summed E-state index contributed by atoms with van der Waals surface area (Å²) >= 11 is 2.22. The van der Waals surface area contributed by atoms with Crippen molar-refractivity contribution in [2.24, 2.45) is 0 Å². The molecule has 5 heteroatoms. The molecule has 0 N–H and O–H groups in total. The van der Waals surface area contributed by atoms with Gasteiger partial charge in [-0.15, -0.1) is 0 Å². The van der Waals surface area contributed by atoms with Gasteiger partial charge in [-0.25, -0.2) is 0 Å². The molecule has 0 bridgehead atoms. The first-order chi connectivity index (χ1) is 7.65. The van der Waals surface area contributed by atoms with Crippen LogP contribution < -0.4 is 5.56 Å². The van der Waals surface area contributed by atoms with Gasteiger partial charge in [0.15, 0.2) is 0 Å². The minimum atomic E-state index is 0.0215. The minimum absolute atomic E-state index is 0.0215. The van der Waals surface area contributed by atoms with Crippen molar-refractivity contribution in [3.8, 4) is 0 Å². The summed E-state index contributed by atoms with van der Waals surface area (Å²) in [6.45, 7) is 4.19. The van der Waals surface area contributed by atoms with Crippen molar-refractivity contribution in [3.63, 3.8) is 0 Å². The van der Waals surface area contributed by atoms with Crippen LogP contribution in [0.2, 0.25) is 0 Å². The summed E-state index contributed by atoms with van der Waals surface area (Å²) in [5, 5.41) is 0. The first-order valence-corrected chi connectivity index (χ1v) is 6.16. The van der Waals surface area contributed by atoms with Gasteiger partial charge < -0.3 is 14.0 Å². The third-order valence-electron chi connectivity index (χ3n) is 2.18. The van der Waals surface area contributed by atoms with Gasteiger partial charge in [0, 0.05) is 29.5 Å². The van der Waals surface area contributed by atoms with E-state index in [0.717, 1.165) is 9.13 Å². The second kappa shape index (κ2) is 7.03. The zero-order valence-corrected chi connectivity index (χ0v) is 11.7. The Bertz CT molecular complexity index is 389. The Labute approximate surface area is 109 Å². The van der Waals surface area contributed by atoms with Gasteiger partial charge in [-0.05, 0) is 35.1 Å². The van der Waals surface area contributed by atoms with E-state index < -0.39 is 0 Å². The van der Waals surface area contributed by atoms with Gasteiger partial charge in [0.1, 0.15) is 0 Å². The Kier molecular flexibility index (Phi) is 6.00. The molecule has 0 aliphatic heterocycles. The molecule has 1 rings (SSSR count). The third kappa shape index (κ3) is 4.23. The number of nitrogens with zero attached hydrogens (tertiary/aromatic N) is 1. The molecule has 0 unspecified atom stereocenters. The Balaban J connectivity index is 2.48. The molecule has 0 radical (unpaired) electrons. The molecule has 0 aliphatic carbocycles. The van der Waals surface area contributed by atoms with Crippen LogP contribution in [0.5, 0.6) is 0 Å². The van der Waals surface area contributed by atoms with E-state index in [2.05, 4.69) is 22.6 Å². The van der Waals surface area contributed by atoms with E-state index in [0.29, 0.717) is 26.4 Å². The van der Waals surface area contributed by atoms with Crippen molar-refractivity contribution in [1.29, 1.82) is 0 Å².